The van der Waals surface area contributed by atoms with E-state index in [0.29, 0.717) is 0 Å². The SMILES string of the molecule is CCC#CCCCNCC(C)C. The first-order valence-electron chi connectivity index (χ1n) is 4.93. The molecule has 0 saturated heterocycles. The standard InChI is InChI=1S/C11H21N/c1-4-5-6-7-8-9-12-10-11(2)3/h11-12H,4,7-10H2,1-3H3. The Hall–Kier alpha value is -0.480. The molecule has 0 aromatic heterocycles. The first-order valence-corrected chi connectivity index (χ1v) is 4.93. The average molecular weight is 167 g/mol. The molecule has 70 valence electrons. The van der Waals surface area contributed by atoms with Gasteiger partial charge in [-0.2, -0.15) is 0 Å². The molecule has 0 radical (unpaired) electrons. The van der Waals surface area contributed by atoms with E-state index in [1.165, 1.54) is 6.42 Å². The summed E-state index contributed by atoms with van der Waals surface area (Å²) in [5, 5.41) is 3.39. The van der Waals surface area contributed by atoms with Gasteiger partial charge >= 0.3 is 0 Å². The number of hydrogen-bond acceptors (Lipinski definition) is 1. The van der Waals surface area contributed by atoms with Crippen molar-refractivity contribution >= 4 is 0 Å². The van der Waals surface area contributed by atoms with Crippen molar-refractivity contribution in [3.8, 4) is 11.8 Å². The highest BCUT2D eigenvalue weighted by Crippen LogP contribution is 1.89. The predicted molar refractivity (Wildman–Crippen MR) is 55.0 cm³/mol. The Bertz CT molecular complexity index is 139. The Morgan fingerprint density at radius 2 is 2.00 bits per heavy atom. The zero-order valence-corrected chi connectivity index (χ0v) is 8.61. The first-order chi connectivity index (χ1) is 5.77. The summed E-state index contributed by atoms with van der Waals surface area (Å²) in [6, 6.07) is 0. The van der Waals surface area contributed by atoms with Gasteiger partial charge in [0.15, 0.2) is 0 Å². The molecule has 0 aliphatic heterocycles. The van der Waals surface area contributed by atoms with Crippen LogP contribution in [0.2, 0.25) is 0 Å². The lowest BCUT2D eigenvalue weighted by Gasteiger charge is -2.04. The van der Waals surface area contributed by atoms with Gasteiger partial charge in [0.2, 0.25) is 0 Å². The van der Waals surface area contributed by atoms with Crippen LogP contribution in [0, 0.1) is 17.8 Å². The molecule has 0 rings (SSSR count). The van der Waals surface area contributed by atoms with Crippen LogP contribution in [0.3, 0.4) is 0 Å². The van der Waals surface area contributed by atoms with E-state index in [1.54, 1.807) is 0 Å². The molecule has 0 amide bonds. The normalized spacial score (nSPS) is 9.67. The van der Waals surface area contributed by atoms with Crippen molar-refractivity contribution in [2.45, 2.75) is 40.0 Å². The maximum atomic E-state index is 3.39. The van der Waals surface area contributed by atoms with Gasteiger partial charge in [0.25, 0.3) is 0 Å². The van der Waals surface area contributed by atoms with Crippen molar-refractivity contribution in [3.05, 3.63) is 0 Å². The van der Waals surface area contributed by atoms with Crippen LogP contribution in [0.15, 0.2) is 0 Å². The van der Waals surface area contributed by atoms with E-state index in [-0.39, 0.29) is 0 Å². The lowest BCUT2D eigenvalue weighted by Crippen LogP contribution is -2.20. The lowest BCUT2D eigenvalue weighted by molar-refractivity contribution is 0.546. The second-order valence-corrected chi connectivity index (χ2v) is 3.41. The Balaban J connectivity index is 3.01. The van der Waals surface area contributed by atoms with Crippen LogP contribution in [0.25, 0.3) is 0 Å². The minimum Gasteiger partial charge on any atom is -0.316 e. The predicted octanol–water partition coefficient (Wildman–Crippen LogP) is 2.43. The smallest absolute Gasteiger partial charge is 0.0101 e. The number of nitrogens with one attached hydrogen (secondary N) is 1. The summed E-state index contributed by atoms with van der Waals surface area (Å²) in [6.07, 6.45) is 3.21. The molecule has 0 aromatic carbocycles. The zero-order valence-electron chi connectivity index (χ0n) is 8.61. The van der Waals surface area contributed by atoms with Crippen molar-refractivity contribution in [1.82, 2.24) is 5.32 Å². The van der Waals surface area contributed by atoms with Crippen LogP contribution in [0.1, 0.15) is 40.0 Å². The van der Waals surface area contributed by atoms with E-state index in [2.05, 4.69) is 37.9 Å². The van der Waals surface area contributed by atoms with Gasteiger partial charge in [0.1, 0.15) is 0 Å². The monoisotopic (exact) mass is 167 g/mol. The summed E-state index contributed by atoms with van der Waals surface area (Å²) in [4.78, 5) is 0. The van der Waals surface area contributed by atoms with E-state index in [4.69, 9.17) is 0 Å². The molecule has 0 unspecified atom stereocenters. The van der Waals surface area contributed by atoms with Crippen molar-refractivity contribution < 1.29 is 0 Å². The van der Waals surface area contributed by atoms with Crippen molar-refractivity contribution in [1.29, 1.82) is 0 Å². The average Bonchev–Trinajstić information content (AvgIpc) is 2.02. The minimum absolute atomic E-state index is 0.756. The molecule has 1 N–H and O–H groups in total. The summed E-state index contributed by atoms with van der Waals surface area (Å²) in [5.41, 5.74) is 0. The molecule has 12 heavy (non-hydrogen) atoms. The highest BCUT2D eigenvalue weighted by atomic mass is 14.8. The Morgan fingerprint density at radius 3 is 2.58 bits per heavy atom. The summed E-state index contributed by atoms with van der Waals surface area (Å²) in [5.74, 6) is 6.96. The van der Waals surface area contributed by atoms with E-state index in [9.17, 15) is 0 Å². The fourth-order valence-electron chi connectivity index (χ4n) is 0.906. The first kappa shape index (κ1) is 11.5. The number of rotatable bonds is 5. The maximum Gasteiger partial charge on any atom is 0.0101 e. The Morgan fingerprint density at radius 1 is 1.25 bits per heavy atom. The summed E-state index contributed by atoms with van der Waals surface area (Å²) in [7, 11) is 0. The van der Waals surface area contributed by atoms with Crippen molar-refractivity contribution in [2.24, 2.45) is 5.92 Å². The third kappa shape index (κ3) is 9.52. The van der Waals surface area contributed by atoms with Crippen LogP contribution < -0.4 is 5.32 Å². The summed E-state index contributed by atoms with van der Waals surface area (Å²) >= 11 is 0. The molecule has 1 heteroatoms. The largest absolute Gasteiger partial charge is 0.316 e. The molecule has 1 nitrogen and oxygen atoms in total. The van der Waals surface area contributed by atoms with Crippen LogP contribution in [-0.2, 0) is 0 Å². The molecule has 0 aliphatic carbocycles. The zero-order chi connectivity index (χ0) is 9.23. The number of hydrogen-bond donors (Lipinski definition) is 1. The fraction of sp³-hybridized carbons (Fsp3) is 0.818. The molecule has 0 bridgehead atoms. The van der Waals surface area contributed by atoms with Gasteiger partial charge < -0.3 is 5.32 Å². The quantitative estimate of drug-likeness (QED) is 0.490. The van der Waals surface area contributed by atoms with Gasteiger partial charge in [-0.15, -0.1) is 11.8 Å². The molecule has 0 atom stereocenters. The maximum absolute atomic E-state index is 3.39. The molecule has 0 spiro atoms. The van der Waals surface area contributed by atoms with Gasteiger partial charge in [-0.3, -0.25) is 0 Å². The molecular formula is C11H21N. The second kappa shape index (κ2) is 8.62. The lowest BCUT2D eigenvalue weighted by atomic mass is 10.2. The summed E-state index contributed by atoms with van der Waals surface area (Å²) < 4.78 is 0. The van der Waals surface area contributed by atoms with Crippen molar-refractivity contribution in [3.63, 3.8) is 0 Å². The molecule has 0 aromatic rings. The van der Waals surface area contributed by atoms with Gasteiger partial charge in [0.05, 0.1) is 0 Å². The van der Waals surface area contributed by atoms with Crippen LogP contribution >= 0.6 is 0 Å². The molecule has 0 fully saturated rings. The molecular weight excluding hydrogens is 146 g/mol. The fourth-order valence-corrected chi connectivity index (χ4v) is 0.906. The van der Waals surface area contributed by atoms with E-state index in [0.717, 1.165) is 31.8 Å². The molecule has 0 saturated carbocycles. The van der Waals surface area contributed by atoms with Crippen LogP contribution in [-0.4, -0.2) is 13.1 Å². The van der Waals surface area contributed by atoms with Crippen molar-refractivity contribution in [2.75, 3.05) is 13.1 Å². The van der Waals surface area contributed by atoms with Gasteiger partial charge in [-0.05, 0) is 25.4 Å². The van der Waals surface area contributed by atoms with Crippen LogP contribution in [0.5, 0.6) is 0 Å². The Labute approximate surface area is 76.9 Å². The third-order valence-corrected chi connectivity index (χ3v) is 1.51. The highest BCUT2D eigenvalue weighted by molar-refractivity contribution is 4.97. The van der Waals surface area contributed by atoms with Gasteiger partial charge in [-0.25, -0.2) is 0 Å². The highest BCUT2D eigenvalue weighted by Gasteiger charge is 1.90. The topological polar surface area (TPSA) is 12.0 Å². The summed E-state index contributed by atoms with van der Waals surface area (Å²) in [6.45, 7) is 8.77. The van der Waals surface area contributed by atoms with E-state index < -0.39 is 0 Å². The van der Waals surface area contributed by atoms with E-state index in [1.807, 2.05) is 0 Å². The minimum atomic E-state index is 0.756. The third-order valence-electron chi connectivity index (χ3n) is 1.51. The van der Waals surface area contributed by atoms with Gasteiger partial charge in [0, 0.05) is 12.8 Å². The second-order valence-electron chi connectivity index (χ2n) is 3.41. The molecule has 0 aliphatic rings. The van der Waals surface area contributed by atoms with Gasteiger partial charge in [-0.1, -0.05) is 20.8 Å². The molecule has 0 heterocycles. The Kier molecular flexibility index (Phi) is 8.27. The van der Waals surface area contributed by atoms with Crippen LogP contribution in [0.4, 0.5) is 0 Å². The number of unbranched alkanes of at least 4 members (excludes halogenated alkanes) is 1. The van der Waals surface area contributed by atoms with E-state index >= 15 is 0 Å².